The SMILES string of the molecule is COc1ccc(C(=O)NCC(=O)OCC(=O)NC[C@H]2CCCO2)cc1. The highest BCUT2D eigenvalue weighted by Crippen LogP contribution is 2.11. The topological polar surface area (TPSA) is 103 Å². The minimum atomic E-state index is -0.686. The minimum Gasteiger partial charge on any atom is -0.497 e. The molecule has 2 rings (SSSR count). The maximum absolute atomic E-state index is 11.9. The second kappa shape index (κ2) is 9.63. The summed E-state index contributed by atoms with van der Waals surface area (Å²) in [6.07, 6.45) is 1.93. The first-order chi connectivity index (χ1) is 12.1. The van der Waals surface area contributed by atoms with Crippen LogP contribution in [0.5, 0.6) is 5.75 Å². The molecule has 1 aromatic carbocycles. The monoisotopic (exact) mass is 350 g/mol. The lowest BCUT2D eigenvalue weighted by atomic mass is 10.2. The first-order valence-corrected chi connectivity index (χ1v) is 8.04. The van der Waals surface area contributed by atoms with Crippen molar-refractivity contribution in [2.45, 2.75) is 18.9 Å². The molecule has 1 aliphatic rings. The van der Waals surface area contributed by atoms with Gasteiger partial charge in [0.2, 0.25) is 0 Å². The Morgan fingerprint density at radius 3 is 2.60 bits per heavy atom. The Morgan fingerprint density at radius 1 is 1.20 bits per heavy atom. The van der Waals surface area contributed by atoms with Crippen molar-refractivity contribution < 1.29 is 28.6 Å². The summed E-state index contributed by atoms with van der Waals surface area (Å²) in [6.45, 7) is 0.418. The molecule has 1 fully saturated rings. The van der Waals surface area contributed by atoms with Crippen molar-refractivity contribution in [2.24, 2.45) is 0 Å². The van der Waals surface area contributed by atoms with Crippen molar-refractivity contribution in [2.75, 3.05) is 33.4 Å². The molecule has 8 heteroatoms. The molecular formula is C17H22N2O6. The second-order valence-electron chi connectivity index (χ2n) is 5.51. The van der Waals surface area contributed by atoms with Gasteiger partial charge in [-0.15, -0.1) is 0 Å². The van der Waals surface area contributed by atoms with E-state index >= 15 is 0 Å². The second-order valence-corrected chi connectivity index (χ2v) is 5.51. The summed E-state index contributed by atoms with van der Waals surface area (Å²) >= 11 is 0. The van der Waals surface area contributed by atoms with Gasteiger partial charge in [-0.25, -0.2) is 0 Å². The molecule has 0 aromatic heterocycles. The fraction of sp³-hybridized carbons (Fsp3) is 0.471. The van der Waals surface area contributed by atoms with E-state index < -0.39 is 17.8 Å². The number of rotatable bonds is 8. The molecule has 2 N–H and O–H groups in total. The zero-order valence-electron chi connectivity index (χ0n) is 14.1. The first-order valence-electron chi connectivity index (χ1n) is 8.04. The Balaban J connectivity index is 1.62. The van der Waals surface area contributed by atoms with Gasteiger partial charge in [0.05, 0.1) is 13.2 Å². The van der Waals surface area contributed by atoms with E-state index in [-0.39, 0.29) is 19.3 Å². The van der Waals surface area contributed by atoms with Crippen molar-refractivity contribution >= 4 is 17.8 Å². The predicted molar refractivity (Wildman–Crippen MR) is 88.3 cm³/mol. The van der Waals surface area contributed by atoms with Crippen LogP contribution in [0.25, 0.3) is 0 Å². The van der Waals surface area contributed by atoms with Gasteiger partial charge in [-0.2, -0.15) is 0 Å². The van der Waals surface area contributed by atoms with Gasteiger partial charge in [-0.3, -0.25) is 14.4 Å². The van der Waals surface area contributed by atoms with Crippen molar-refractivity contribution in [1.82, 2.24) is 10.6 Å². The van der Waals surface area contributed by atoms with E-state index in [9.17, 15) is 14.4 Å². The lowest BCUT2D eigenvalue weighted by Gasteiger charge is -2.11. The number of carbonyl (C=O) groups excluding carboxylic acids is 3. The molecule has 0 bridgehead atoms. The molecule has 0 unspecified atom stereocenters. The van der Waals surface area contributed by atoms with E-state index in [4.69, 9.17) is 14.2 Å². The Morgan fingerprint density at radius 2 is 1.96 bits per heavy atom. The molecule has 0 radical (unpaired) electrons. The number of methoxy groups -OCH3 is 1. The molecule has 2 amide bonds. The van der Waals surface area contributed by atoms with Gasteiger partial charge < -0.3 is 24.8 Å². The molecule has 0 spiro atoms. The van der Waals surface area contributed by atoms with Crippen molar-refractivity contribution in [3.05, 3.63) is 29.8 Å². The highest BCUT2D eigenvalue weighted by molar-refractivity contribution is 5.96. The number of nitrogens with one attached hydrogen (secondary N) is 2. The van der Waals surface area contributed by atoms with E-state index in [0.717, 1.165) is 12.8 Å². The van der Waals surface area contributed by atoms with Gasteiger partial charge in [-0.1, -0.05) is 0 Å². The lowest BCUT2D eigenvalue weighted by molar-refractivity contribution is -0.147. The fourth-order valence-corrected chi connectivity index (χ4v) is 2.28. The smallest absolute Gasteiger partial charge is 0.325 e. The molecule has 0 saturated carbocycles. The lowest BCUT2D eigenvalue weighted by Crippen LogP contribution is -2.36. The van der Waals surface area contributed by atoms with Crippen LogP contribution < -0.4 is 15.4 Å². The molecular weight excluding hydrogens is 328 g/mol. The normalized spacial score (nSPS) is 16.1. The fourth-order valence-electron chi connectivity index (χ4n) is 2.28. The first kappa shape index (κ1) is 18.7. The number of carbonyl (C=O) groups is 3. The van der Waals surface area contributed by atoms with Gasteiger partial charge in [-0.05, 0) is 37.1 Å². The summed E-state index contributed by atoms with van der Waals surface area (Å²) < 4.78 is 15.2. The maximum atomic E-state index is 11.9. The van der Waals surface area contributed by atoms with E-state index in [1.54, 1.807) is 24.3 Å². The van der Waals surface area contributed by atoms with Crippen molar-refractivity contribution in [1.29, 1.82) is 0 Å². The van der Waals surface area contributed by atoms with Crippen LogP contribution >= 0.6 is 0 Å². The van der Waals surface area contributed by atoms with Crippen LogP contribution in [-0.4, -0.2) is 57.3 Å². The van der Waals surface area contributed by atoms with E-state index in [1.165, 1.54) is 7.11 Å². The zero-order chi connectivity index (χ0) is 18.1. The highest BCUT2D eigenvalue weighted by atomic mass is 16.5. The third-order valence-corrected chi connectivity index (χ3v) is 3.66. The number of benzene rings is 1. The summed E-state index contributed by atoms with van der Waals surface area (Å²) in [6, 6.07) is 6.45. The van der Waals surface area contributed by atoms with E-state index in [0.29, 0.717) is 24.5 Å². The number of amides is 2. The zero-order valence-corrected chi connectivity index (χ0v) is 14.1. The van der Waals surface area contributed by atoms with Gasteiger partial charge >= 0.3 is 5.97 Å². The van der Waals surface area contributed by atoms with E-state index in [1.807, 2.05) is 0 Å². The summed E-state index contributed by atoms with van der Waals surface area (Å²) in [4.78, 5) is 35.0. The third kappa shape index (κ3) is 6.42. The van der Waals surface area contributed by atoms with Crippen LogP contribution in [0.2, 0.25) is 0 Å². The molecule has 1 aliphatic heterocycles. The number of hydrogen-bond acceptors (Lipinski definition) is 6. The largest absolute Gasteiger partial charge is 0.497 e. The van der Waals surface area contributed by atoms with Crippen molar-refractivity contribution in [3.63, 3.8) is 0 Å². The predicted octanol–water partition coefficient (Wildman–Crippen LogP) is 0.263. The molecule has 136 valence electrons. The Labute approximate surface area is 145 Å². The average Bonchev–Trinajstić information content (AvgIpc) is 3.16. The highest BCUT2D eigenvalue weighted by Gasteiger charge is 2.17. The van der Waals surface area contributed by atoms with E-state index in [2.05, 4.69) is 10.6 Å². The third-order valence-electron chi connectivity index (χ3n) is 3.66. The van der Waals surface area contributed by atoms with Gasteiger partial charge in [0.25, 0.3) is 11.8 Å². The quantitative estimate of drug-likeness (QED) is 0.652. The van der Waals surface area contributed by atoms with Crippen LogP contribution in [0.4, 0.5) is 0 Å². The Kier molecular flexibility index (Phi) is 7.21. The molecule has 8 nitrogen and oxygen atoms in total. The summed E-state index contributed by atoms with van der Waals surface area (Å²) in [7, 11) is 1.53. The van der Waals surface area contributed by atoms with Gasteiger partial charge in [0.15, 0.2) is 6.61 Å². The molecule has 25 heavy (non-hydrogen) atoms. The average molecular weight is 350 g/mol. The number of esters is 1. The number of hydrogen-bond donors (Lipinski definition) is 2. The molecule has 1 aromatic rings. The minimum absolute atomic E-state index is 0.0310. The Bertz CT molecular complexity index is 596. The summed E-state index contributed by atoms with van der Waals surface area (Å²) in [5.74, 6) is -0.869. The van der Waals surface area contributed by atoms with Gasteiger partial charge in [0, 0.05) is 18.7 Å². The molecule has 1 saturated heterocycles. The summed E-state index contributed by atoms with van der Waals surface area (Å²) in [5, 5.41) is 5.07. The summed E-state index contributed by atoms with van der Waals surface area (Å²) in [5.41, 5.74) is 0.392. The van der Waals surface area contributed by atoms with Gasteiger partial charge in [0.1, 0.15) is 12.3 Å². The van der Waals surface area contributed by atoms with Crippen molar-refractivity contribution in [3.8, 4) is 5.75 Å². The van der Waals surface area contributed by atoms with Crippen LogP contribution in [0.1, 0.15) is 23.2 Å². The maximum Gasteiger partial charge on any atom is 0.325 e. The molecule has 1 atom stereocenters. The van der Waals surface area contributed by atoms with Crippen LogP contribution in [0.3, 0.4) is 0 Å². The van der Waals surface area contributed by atoms with Crippen LogP contribution in [0.15, 0.2) is 24.3 Å². The molecule has 1 heterocycles. The van der Waals surface area contributed by atoms with Crippen LogP contribution in [0, 0.1) is 0 Å². The molecule has 0 aliphatic carbocycles. The Hall–Kier alpha value is -2.61. The standard InChI is InChI=1S/C17H22N2O6/c1-23-13-6-4-12(5-7-13)17(22)19-10-16(21)25-11-15(20)18-9-14-3-2-8-24-14/h4-7,14H,2-3,8-11H2,1H3,(H,18,20)(H,19,22)/t14-/m1/s1. The van der Waals surface area contributed by atoms with Crippen LogP contribution in [-0.2, 0) is 19.1 Å². The number of ether oxygens (including phenoxy) is 3.